The molecule has 0 heterocycles. The second-order valence-corrected chi connectivity index (χ2v) is 11.2. The Morgan fingerprint density at radius 1 is 1.06 bits per heavy atom. The van der Waals surface area contributed by atoms with Crippen molar-refractivity contribution in [2.24, 2.45) is 0 Å². The Kier molecular flexibility index (Phi) is 10.5. The number of hydrogen-bond acceptors (Lipinski definition) is 4. The molecule has 0 aliphatic rings. The van der Waals surface area contributed by atoms with Crippen molar-refractivity contribution in [3.05, 3.63) is 65.0 Å². The molecule has 36 heavy (non-hydrogen) atoms. The Balaban J connectivity index is 2.22. The molecule has 0 fully saturated rings. The highest BCUT2D eigenvalue weighted by Gasteiger charge is 2.28. The number of anilines is 1. The fraction of sp³-hybridized carbons (Fsp3) is 0.481. The van der Waals surface area contributed by atoms with Gasteiger partial charge < -0.3 is 10.2 Å². The van der Waals surface area contributed by atoms with Crippen molar-refractivity contribution in [2.45, 2.75) is 72.5 Å². The van der Waals surface area contributed by atoms with Gasteiger partial charge in [0.05, 0.1) is 11.9 Å². The maximum atomic E-state index is 14.4. The topological polar surface area (TPSA) is 86.8 Å². The summed E-state index contributed by atoms with van der Waals surface area (Å²) in [5.41, 5.74) is 2.71. The lowest BCUT2D eigenvalue weighted by Gasteiger charge is -2.30. The number of rotatable bonds is 12. The van der Waals surface area contributed by atoms with Crippen molar-refractivity contribution in [3.8, 4) is 0 Å². The summed E-state index contributed by atoms with van der Waals surface area (Å²) in [6.07, 6.45) is 2.13. The third-order valence-corrected chi connectivity index (χ3v) is 7.64. The van der Waals surface area contributed by atoms with Crippen molar-refractivity contribution >= 4 is 27.5 Å². The van der Waals surface area contributed by atoms with Gasteiger partial charge in [-0.3, -0.25) is 13.9 Å². The maximum absolute atomic E-state index is 14.4. The largest absolute Gasteiger partial charge is 0.352 e. The smallest absolute Gasteiger partial charge is 0.242 e. The molecule has 0 unspecified atom stereocenters. The van der Waals surface area contributed by atoms with Gasteiger partial charge in [-0.25, -0.2) is 12.8 Å². The lowest BCUT2D eigenvalue weighted by Crippen LogP contribution is -2.49. The minimum atomic E-state index is -3.58. The number of nitrogens with zero attached hydrogens (tertiary/aromatic N) is 2. The van der Waals surface area contributed by atoms with E-state index in [2.05, 4.69) is 5.32 Å². The van der Waals surface area contributed by atoms with E-state index < -0.39 is 21.9 Å². The summed E-state index contributed by atoms with van der Waals surface area (Å²) in [7, 11) is -3.58. The first-order chi connectivity index (χ1) is 16.9. The number of sulfonamides is 1. The average Bonchev–Trinajstić information content (AvgIpc) is 2.82. The minimum Gasteiger partial charge on any atom is -0.352 e. The third kappa shape index (κ3) is 7.78. The van der Waals surface area contributed by atoms with Crippen LogP contribution in [0.4, 0.5) is 10.1 Å². The van der Waals surface area contributed by atoms with E-state index in [4.69, 9.17) is 0 Å². The second kappa shape index (κ2) is 12.9. The molecule has 2 aromatic rings. The van der Waals surface area contributed by atoms with Crippen molar-refractivity contribution in [2.75, 3.05) is 17.1 Å². The van der Waals surface area contributed by atoms with Gasteiger partial charge in [0.1, 0.15) is 11.9 Å². The SMILES string of the molecule is CC[C@H](C)NC(=O)[C@H](C)N(Cc1ccccc1F)C(=O)CCCN(c1cccc(C)c1C)S(C)(=O)=O. The fourth-order valence-corrected chi connectivity index (χ4v) is 4.86. The first kappa shape index (κ1) is 29.3. The molecule has 0 aliphatic carbocycles. The predicted octanol–water partition coefficient (Wildman–Crippen LogP) is 4.32. The van der Waals surface area contributed by atoms with Gasteiger partial charge in [-0.1, -0.05) is 37.3 Å². The molecular weight excluding hydrogens is 481 g/mol. The molecule has 0 radical (unpaired) electrons. The zero-order valence-electron chi connectivity index (χ0n) is 22.0. The standard InChI is InChI=1S/C27H38FN3O4S/c1-7-20(3)29-27(33)22(5)30(18-23-13-8-9-14-24(23)28)26(32)16-11-17-31(36(6,34)35)25-15-10-12-19(2)21(25)4/h8-10,12-15,20,22H,7,11,16-18H2,1-6H3,(H,29,33)/t20-,22-/m0/s1. The number of carbonyl (C=O) groups excluding carboxylic acids is 2. The van der Waals surface area contributed by atoms with Crippen LogP contribution in [0.15, 0.2) is 42.5 Å². The van der Waals surface area contributed by atoms with Gasteiger partial charge in [-0.05, 0) is 63.8 Å². The van der Waals surface area contributed by atoms with Gasteiger partial charge >= 0.3 is 0 Å². The van der Waals surface area contributed by atoms with Crippen molar-refractivity contribution in [1.29, 1.82) is 0 Å². The predicted molar refractivity (Wildman–Crippen MR) is 142 cm³/mol. The highest BCUT2D eigenvalue weighted by atomic mass is 32.2. The van der Waals surface area contributed by atoms with Crippen LogP contribution in [0.1, 0.15) is 56.7 Å². The first-order valence-corrected chi connectivity index (χ1v) is 14.1. The van der Waals surface area contributed by atoms with Crippen LogP contribution in [0.3, 0.4) is 0 Å². The molecule has 0 saturated carbocycles. The summed E-state index contributed by atoms with van der Waals surface area (Å²) < 4.78 is 40.8. The van der Waals surface area contributed by atoms with Gasteiger partial charge in [0.15, 0.2) is 0 Å². The summed E-state index contributed by atoms with van der Waals surface area (Å²) in [4.78, 5) is 27.5. The Morgan fingerprint density at radius 2 is 1.72 bits per heavy atom. The summed E-state index contributed by atoms with van der Waals surface area (Å²) in [6.45, 7) is 9.26. The van der Waals surface area contributed by atoms with E-state index in [0.717, 1.165) is 23.8 Å². The van der Waals surface area contributed by atoms with Gasteiger partial charge in [0.2, 0.25) is 21.8 Å². The summed E-state index contributed by atoms with van der Waals surface area (Å²) in [5, 5.41) is 2.88. The lowest BCUT2D eigenvalue weighted by molar-refractivity contribution is -0.141. The van der Waals surface area contributed by atoms with Crippen LogP contribution in [0.25, 0.3) is 0 Å². The van der Waals surface area contributed by atoms with Crippen LogP contribution < -0.4 is 9.62 Å². The monoisotopic (exact) mass is 519 g/mol. The molecule has 0 saturated heterocycles. The second-order valence-electron chi connectivity index (χ2n) is 9.26. The molecule has 9 heteroatoms. The van der Waals surface area contributed by atoms with E-state index in [9.17, 15) is 22.4 Å². The minimum absolute atomic E-state index is 0.00624. The number of benzene rings is 2. The highest BCUT2D eigenvalue weighted by Crippen LogP contribution is 2.25. The molecule has 0 aromatic heterocycles. The van der Waals surface area contributed by atoms with Gasteiger partial charge in [-0.2, -0.15) is 0 Å². The van der Waals surface area contributed by atoms with E-state index in [1.807, 2.05) is 33.8 Å². The van der Waals surface area contributed by atoms with E-state index in [1.54, 1.807) is 37.3 Å². The average molecular weight is 520 g/mol. The van der Waals surface area contributed by atoms with Gasteiger partial charge in [0.25, 0.3) is 0 Å². The number of halogens is 1. The molecule has 2 atom stereocenters. The Labute approximate surface area is 214 Å². The van der Waals surface area contributed by atoms with Gasteiger partial charge in [-0.15, -0.1) is 0 Å². The zero-order chi connectivity index (χ0) is 27.0. The molecular formula is C27H38FN3O4S. The summed E-state index contributed by atoms with van der Waals surface area (Å²) >= 11 is 0. The molecule has 7 nitrogen and oxygen atoms in total. The van der Waals surface area contributed by atoms with E-state index in [0.29, 0.717) is 11.3 Å². The van der Waals surface area contributed by atoms with E-state index in [-0.39, 0.29) is 43.8 Å². The summed E-state index contributed by atoms with van der Waals surface area (Å²) in [6, 6.07) is 10.7. The van der Waals surface area contributed by atoms with E-state index in [1.165, 1.54) is 15.3 Å². The zero-order valence-corrected chi connectivity index (χ0v) is 22.9. The number of nitrogens with one attached hydrogen (secondary N) is 1. The van der Waals surface area contributed by atoms with Crippen LogP contribution in [-0.4, -0.2) is 50.0 Å². The maximum Gasteiger partial charge on any atom is 0.242 e. The van der Waals surface area contributed by atoms with Crippen LogP contribution in [0.2, 0.25) is 0 Å². The molecule has 2 rings (SSSR count). The number of hydrogen-bond donors (Lipinski definition) is 1. The molecule has 0 aliphatic heterocycles. The molecule has 0 bridgehead atoms. The molecule has 2 amide bonds. The van der Waals surface area contributed by atoms with Crippen molar-refractivity contribution in [3.63, 3.8) is 0 Å². The first-order valence-electron chi connectivity index (χ1n) is 12.2. The Bertz CT molecular complexity index is 1170. The normalized spacial score (nSPS) is 13.1. The third-order valence-electron chi connectivity index (χ3n) is 6.46. The van der Waals surface area contributed by atoms with Crippen LogP contribution in [0.5, 0.6) is 0 Å². The fourth-order valence-electron chi connectivity index (χ4n) is 3.85. The quantitative estimate of drug-likeness (QED) is 0.453. The van der Waals surface area contributed by atoms with Crippen LogP contribution >= 0.6 is 0 Å². The Hall–Kier alpha value is -2.94. The molecule has 0 spiro atoms. The number of aryl methyl sites for hydroxylation is 1. The van der Waals surface area contributed by atoms with Crippen LogP contribution in [-0.2, 0) is 26.2 Å². The number of carbonyl (C=O) groups is 2. The molecule has 1 N–H and O–H groups in total. The molecule has 198 valence electrons. The van der Waals surface area contributed by atoms with E-state index >= 15 is 0 Å². The highest BCUT2D eigenvalue weighted by molar-refractivity contribution is 7.92. The number of amides is 2. The lowest BCUT2D eigenvalue weighted by atomic mass is 10.1. The Morgan fingerprint density at radius 3 is 2.33 bits per heavy atom. The molecule has 2 aromatic carbocycles. The van der Waals surface area contributed by atoms with Crippen molar-refractivity contribution in [1.82, 2.24) is 10.2 Å². The van der Waals surface area contributed by atoms with Gasteiger partial charge in [0, 0.05) is 31.1 Å². The van der Waals surface area contributed by atoms with Crippen LogP contribution in [0, 0.1) is 19.7 Å². The summed E-state index contributed by atoms with van der Waals surface area (Å²) in [5.74, 6) is -1.12. The van der Waals surface area contributed by atoms with Crippen molar-refractivity contribution < 1.29 is 22.4 Å².